The van der Waals surface area contributed by atoms with Crippen LogP contribution in [-0.4, -0.2) is 39.6 Å². The van der Waals surface area contributed by atoms with Gasteiger partial charge in [-0.3, -0.25) is 9.36 Å². The molecular formula is C25H23ClN4O2S. The Morgan fingerprint density at radius 3 is 2.36 bits per heavy atom. The second-order valence-corrected chi connectivity index (χ2v) is 8.55. The number of ether oxygens (including phenoxy) is 1. The highest BCUT2D eigenvalue weighted by molar-refractivity contribution is 7.99. The molecule has 33 heavy (non-hydrogen) atoms. The van der Waals surface area contributed by atoms with Crippen molar-refractivity contribution in [2.24, 2.45) is 0 Å². The third kappa shape index (κ3) is 6.60. The first kappa shape index (κ1) is 22.9. The molecule has 1 heterocycles. The molecule has 0 atom stereocenters. The van der Waals surface area contributed by atoms with Gasteiger partial charge in [0.05, 0.1) is 12.3 Å². The Balaban J connectivity index is 1.35. The predicted molar refractivity (Wildman–Crippen MR) is 131 cm³/mol. The molecule has 1 N–H and O–H groups in total. The van der Waals surface area contributed by atoms with E-state index >= 15 is 0 Å². The lowest BCUT2D eigenvalue weighted by molar-refractivity contribution is -0.118. The number of amides is 1. The molecule has 0 aliphatic carbocycles. The van der Waals surface area contributed by atoms with E-state index in [2.05, 4.69) is 27.6 Å². The summed E-state index contributed by atoms with van der Waals surface area (Å²) in [6.45, 7) is 0.784. The number of rotatable bonds is 10. The molecule has 168 valence electrons. The van der Waals surface area contributed by atoms with Crippen molar-refractivity contribution in [1.82, 2.24) is 20.1 Å². The molecule has 0 aliphatic rings. The largest absolute Gasteiger partial charge is 0.492 e. The minimum atomic E-state index is -0.0908. The van der Waals surface area contributed by atoms with Gasteiger partial charge in [-0.1, -0.05) is 71.9 Å². The van der Waals surface area contributed by atoms with Crippen LogP contribution in [0.1, 0.15) is 11.4 Å². The number of nitrogens with zero attached hydrogens (tertiary/aromatic N) is 3. The third-order valence-electron chi connectivity index (χ3n) is 4.76. The molecule has 0 saturated carbocycles. The van der Waals surface area contributed by atoms with Gasteiger partial charge in [-0.15, -0.1) is 10.2 Å². The molecule has 3 aromatic carbocycles. The number of benzene rings is 3. The highest BCUT2D eigenvalue weighted by Crippen LogP contribution is 2.23. The van der Waals surface area contributed by atoms with Gasteiger partial charge in [-0.25, -0.2) is 0 Å². The van der Waals surface area contributed by atoms with E-state index in [0.29, 0.717) is 35.5 Å². The summed E-state index contributed by atoms with van der Waals surface area (Å²) in [5, 5.41) is 13.0. The van der Waals surface area contributed by atoms with Gasteiger partial charge in [-0.2, -0.15) is 0 Å². The number of nitrogens with one attached hydrogen (secondary N) is 1. The van der Waals surface area contributed by atoms with Gasteiger partial charge in [0.15, 0.2) is 5.16 Å². The lowest BCUT2D eigenvalue weighted by atomic mass is 10.1. The summed E-state index contributed by atoms with van der Waals surface area (Å²) in [5.41, 5.74) is 2.12. The summed E-state index contributed by atoms with van der Waals surface area (Å²) in [6, 6.07) is 27.2. The SMILES string of the molecule is O=C(CSc1nnc(Cc2ccccc2)n1-c1ccccc1)NCCOc1ccc(Cl)cc1. The van der Waals surface area contributed by atoms with Gasteiger partial charge in [-0.05, 0) is 42.0 Å². The number of carbonyl (C=O) groups is 1. The normalized spacial score (nSPS) is 10.7. The first-order valence-corrected chi connectivity index (χ1v) is 11.9. The van der Waals surface area contributed by atoms with Crippen molar-refractivity contribution in [3.8, 4) is 11.4 Å². The van der Waals surface area contributed by atoms with E-state index in [1.54, 1.807) is 24.3 Å². The second-order valence-electron chi connectivity index (χ2n) is 7.17. The number of hydrogen-bond acceptors (Lipinski definition) is 5. The second kappa shape index (κ2) is 11.5. The fourth-order valence-corrected chi connectivity index (χ4v) is 4.12. The molecule has 6 nitrogen and oxygen atoms in total. The number of aromatic nitrogens is 3. The van der Waals surface area contributed by atoms with Crippen molar-refractivity contribution in [3.63, 3.8) is 0 Å². The molecule has 0 saturated heterocycles. The van der Waals surface area contributed by atoms with Crippen molar-refractivity contribution in [1.29, 1.82) is 0 Å². The van der Waals surface area contributed by atoms with Crippen molar-refractivity contribution in [2.75, 3.05) is 18.9 Å². The van der Waals surface area contributed by atoms with Gasteiger partial charge >= 0.3 is 0 Å². The third-order valence-corrected chi connectivity index (χ3v) is 5.94. The number of thioether (sulfide) groups is 1. The number of para-hydroxylation sites is 1. The van der Waals surface area contributed by atoms with Crippen LogP contribution in [0, 0.1) is 0 Å². The van der Waals surface area contributed by atoms with Crippen LogP contribution in [0.4, 0.5) is 0 Å². The van der Waals surface area contributed by atoms with Crippen LogP contribution in [0.3, 0.4) is 0 Å². The summed E-state index contributed by atoms with van der Waals surface area (Å²) in [5.74, 6) is 1.68. The average molecular weight is 479 g/mol. The minimum absolute atomic E-state index is 0.0908. The zero-order valence-corrected chi connectivity index (χ0v) is 19.4. The smallest absolute Gasteiger partial charge is 0.230 e. The van der Waals surface area contributed by atoms with Crippen molar-refractivity contribution in [2.45, 2.75) is 11.6 Å². The molecule has 0 fully saturated rings. The summed E-state index contributed by atoms with van der Waals surface area (Å²) in [6.07, 6.45) is 0.650. The first-order valence-electron chi connectivity index (χ1n) is 10.5. The van der Waals surface area contributed by atoms with Crippen LogP contribution in [0.15, 0.2) is 90.1 Å². The van der Waals surface area contributed by atoms with Gasteiger partial charge in [0.2, 0.25) is 5.91 Å². The Bertz CT molecular complexity index is 1170. The number of hydrogen-bond donors (Lipinski definition) is 1. The molecule has 0 unspecified atom stereocenters. The highest BCUT2D eigenvalue weighted by atomic mass is 35.5. The van der Waals surface area contributed by atoms with Gasteiger partial charge in [0.1, 0.15) is 18.2 Å². The minimum Gasteiger partial charge on any atom is -0.492 e. The molecule has 8 heteroatoms. The summed E-state index contributed by atoms with van der Waals surface area (Å²) < 4.78 is 7.61. The van der Waals surface area contributed by atoms with Crippen LogP contribution in [0.2, 0.25) is 5.02 Å². The van der Waals surface area contributed by atoms with E-state index in [-0.39, 0.29) is 11.7 Å². The van der Waals surface area contributed by atoms with E-state index < -0.39 is 0 Å². The summed E-state index contributed by atoms with van der Waals surface area (Å²) in [4.78, 5) is 12.4. The first-order chi connectivity index (χ1) is 16.2. The van der Waals surface area contributed by atoms with Gasteiger partial charge in [0.25, 0.3) is 0 Å². The fourth-order valence-electron chi connectivity index (χ4n) is 3.19. The number of halogens is 1. The van der Waals surface area contributed by atoms with E-state index in [4.69, 9.17) is 16.3 Å². The number of carbonyl (C=O) groups excluding carboxylic acids is 1. The Morgan fingerprint density at radius 2 is 1.64 bits per heavy atom. The quantitative estimate of drug-likeness (QED) is 0.262. The van der Waals surface area contributed by atoms with Crippen LogP contribution in [0.5, 0.6) is 5.75 Å². The van der Waals surface area contributed by atoms with Crippen molar-refractivity contribution >= 4 is 29.3 Å². The van der Waals surface area contributed by atoms with Crippen LogP contribution in [-0.2, 0) is 11.2 Å². The molecule has 0 radical (unpaired) electrons. The van der Waals surface area contributed by atoms with Gasteiger partial charge in [0, 0.05) is 17.1 Å². The molecule has 4 aromatic rings. The molecule has 0 aliphatic heterocycles. The standard InChI is InChI=1S/C25H23ClN4O2S/c26-20-11-13-22(14-12-20)32-16-15-27-24(31)18-33-25-29-28-23(17-19-7-3-1-4-8-19)30(25)21-9-5-2-6-10-21/h1-14H,15-18H2,(H,27,31). The topological polar surface area (TPSA) is 69.0 Å². The maximum Gasteiger partial charge on any atom is 0.230 e. The maximum atomic E-state index is 12.4. The highest BCUT2D eigenvalue weighted by Gasteiger charge is 2.16. The van der Waals surface area contributed by atoms with E-state index in [9.17, 15) is 4.79 Å². The zero-order valence-electron chi connectivity index (χ0n) is 17.9. The molecule has 4 rings (SSSR count). The lowest BCUT2D eigenvalue weighted by Crippen LogP contribution is -2.29. The average Bonchev–Trinajstić information content (AvgIpc) is 3.25. The Labute approximate surface area is 202 Å². The van der Waals surface area contributed by atoms with Crippen LogP contribution < -0.4 is 10.1 Å². The Hall–Kier alpha value is -3.29. The zero-order chi connectivity index (χ0) is 22.9. The van der Waals surface area contributed by atoms with E-state index in [1.165, 1.54) is 11.8 Å². The molecule has 1 amide bonds. The molecule has 0 spiro atoms. The molecular weight excluding hydrogens is 456 g/mol. The monoisotopic (exact) mass is 478 g/mol. The van der Waals surface area contributed by atoms with E-state index in [0.717, 1.165) is 17.1 Å². The lowest BCUT2D eigenvalue weighted by Gasteiger charge is -2.11. The van der Waals surface area contributed by atoms with E-state index in [1.807, 2.05) is 53.1 Å². The molecule has 0 bridgehead atoms. The Kier molecular flexibility index (Phi) is 8.00. The van der Waals surface area contributed by atoms with Crippen LogP contribution >= 0.6 is 23.4 Å². The summed E-state index contributed by atoms with van der Waals surface area (Å²) in [7, 11) is 0. The Morgan fingerprint density at radius 1 is 0.939 bits per heavy atom. The predicted octanol–water partition coefficient (Wildman–Crippen LogP) is 4.80. The fraction of sp³-hybridized carbons (Fsp3) is 0.160. The van der Waals surface area contributed by atoms with Crippen molar-refractivity contribution in [3.05, 3.63) is 101 Å². The van der Waals surface area contributed by atoms with Crippen LogP contribution in [0.25, 0.3) is 5.69 Å². The van der Waals surface area contributed by atoms with Gasteiger partial charge < -0.3 is 10.1 Å². The summed E-state index contributed by atoms with van der Waals surface area (Å²) >= 11 is 7.23. The molecule has 1 aromatic heterocycles. The van der Waals surface area contributed by atoms with Crippen molar-refractivity contribution < 1.29 is 9.53 Å². The maximum absolute atomic E-state index is 12.4.